The van der Waals surface area contributed by atoms with Gasteiger partial charge in [0.05, 0.1) is 0 Å². The van der Waals surface area contributed by atoms with Crippen molar-refractivity contribution in [1.82, 2.24) is 4.98 Å². The average Bonchev–Trinajstić information content (AvgIpc) is 2.63. The number of pyridine rings is 1. The van der Waals surface area contributed by atoms with E-state index in [1.165, 1.54) is 5.56 Å². The van der Waals surface area contributed by atoms with Crippen molar-refractivity contribution in [3.05, 3.63) is 84.1 Å². The Morgan fingerprint density at radius 2 is 1.70 bits per heavy atom. The second kappa shape index (κ2) is 6.88. The predicted octanol–water partition coefficient (Wildman–Crippen LogP) is 4.73. The zero-order valence-corrected chi connectivity index (χ0v) is 12.9. The molecule has 1 N–H and O–H groups in total. The van der Waals surface area contributed by atoms with E-state index in [0.717, 1.165) is 23.2 Å². The van der Waals surface area contributed by atoms with E-state index in [1.807, 2.05) is 54.6 Å². The van der Waals surface area contributed by atoms with Crippen LogP contribution in [0.25, 0.3) is 11.1 Å². The number of hydrogen-bond acceptors (Lipinski definition) is 3. The molecule has 1 aromatic heterocycles. The summed E-state index contributed by atoms with van der Waals surface area (Å²) >= 11 is 0. The molecule has 0 saturated heterocycles. The van der Waals surface area contributed by atoms with Gasteiger partial charge < -0.3 is 5.32 Å². The minimum Gasteiger partial charge on any atom is -0.364 e. The molecule has 0 saturated carbocycles. The van der Waals surface area contributed by atoms with E-state index >= 15 is 0 Å². The Bertz CT molecular complexity index is 782. The van der Waals surface area contributed by atoms with Crippen LogP contribution in [-0.4, -0.2) is 11.3 Å². The monoisotopic (exact) mass is 302 g/mol. The molecule has 0 radical (unpaired) electrons. The molecule has 23 heavy (non-hydrogen) atoms. The number of rotatable bonds is 5. The third-order valence-electron chi connectivity index (χ3n) is 3.83. The zero-order valence-electron chi connectivity index (χ0n) is 12.9. The van der Waals surface area contributed by atoms with Crippen molar-refractivity contribution >= 4 is 12.1 Å². The van der Waals surface area contributed by atoms with E-state index < -0.39 is 0 Å². The van der Waals surface area contributed by atoms with Gasteiger partial charge in [-0.25, -0.2) is 4.98 Å². The SMILES string of the molecule is CC(Nc1ccc(-c2ccccc2C=O)cn1)c1ccccc1. The Balaban J connectivity index is 1.78. The molecule has 0 aliphatic heterocycles. The lowest BCUT2D eigenvalue weighted by atomic mass is 10.0. The molecule has 1 unspecified atom stereocenters. The van der Waals surface area contributed by atoms with Crippen LogP contribution in [0.2, 0.25) is 0 Å². The molecule has 1 atom stereocenters. The first-order valence-corrected chi connectivity index (χ1v) is 7.60. The van der Waals surface area contributed by atoms with Gasteiger partial charge in [-0.05, 0) is 30.2 Å². The van der Waals surface area contributed by atoms with Crippen LogP contribution in [0, 0.1) is 0 Å². The number of nitrogens with one attached hydrogen (secondary N) is 1. The molecule has 0 bridgehead atoms. The van der Waals surface area contributed by atoms with E-state index in [1.54, 1.807) is 6.20 Å². The van der Waals surface area contributed by atoms with E-state index in [2.05, 4.69) is 29.4 Å². The fourth-order valence-electron chi connectivity index (χ4n) is 2.55. The molecule has 0 aliphatic rings. The van der Waals surface area contributed by atoms with Gasteiger partial charge in [0, 0.05) is 23.4 Å². The standard InChI is InChI=1S/C20H18N2O/c1-15(16-7-3-2-4-8-16)22-20-12-11-17(13-21-20)19-10-6-5-9-18(19)14-23/h2-15H,1H3,(H,21,22). The Kier molecular flexibility index (Phi) is 4.48. The van der Waals surface area contributed by atoms with Crippen LogP contribution in [0.1, 0.15) is 28.9 Å². The van der Waals surface area contributed by atoms with Crippen molar-refractivity contribution in [1.29, 1.82) is 0 Å². The molecule has 3 nitrogen and oxygen atoms in total. The van der Waals surface area contributed by atoms with E-state index in [4.69, 9.17) is 0 Å². The van der Waals surface area contributed by atoms with Gasteiger partial charge in [-0.2, -0.15) is 0 Å². The summed E-state index contributed by atoms with van der Waals surface area (Å²) in [6.07, 6.45) is 2.67. The van der Waals surface area contributed by atoms with Crippen LogP contribution in [0.5, 0.6) is 0 Å². The minimum atomic E-state index is 0.178. The highest BCUT2D eigenvalue weighted by Crippen LogP contribution is 2.24. The highest BCUT2D eigenvalue weighted by atomic mass is 16.1. The van der Waals surface area contributed by atoms with Gasteiger partial charge in [-0.3, -0.25) is 4.79 Å². The Morgan fingerprint density at radius 1 is 0.957 bits per heavy atom. The number of carbonyl (C=O) groups excluding carboxylic acids is 1. The molecular formula is C20H18N2O. The first kappa shape index (κ1) is 15.0. The number of hydrogen-bond donors (Lipinski definition) is 1. The van der Waals surface area contributed by atoms with E-state index in [-0.39, 0.29) is 6.04 Å². The first-order valence-electron chi connectivity index (χ1n) is 7.60. The molecule has 0 aliphatic carbocycles. The van der Waals surface area contributed by atoms with Gasteiger partial charge in [0.15, 0.2) is 6.29 Å². The lowest BCUT2D eigenvalue weighted by molar-refractivity contribution is 0.112. The number of benzene rings is 2. The minimum absolute atomic E-state index is 0.178. The fourth-order valence-corrected chi connectivity index (χ4v) is 2.55. The molecule has 114 valence electrons. The van der Waals surface area contributed by atoms with Crippen molar-refractivity contribution < 1.29 is 4.79 Å². The van der Waals surface area contributed by atoms with Crippen molar-refractivity contribution in [3.8, 4) is 11.1 Å². The summed E-state index contributed by atoms with van der Waals surface area (Å²) in [6, 6.07) is 21.9. The lowest BCUT2D eigenvalue weighted by Crippen LogP contribution is -2.07. The third-order valence-corrected chi connectivity index (χ3v) is 3.83. The maximum Gasteiger partial charge on any atom is 0.150 e. The number of nitrogens with zero attached hydrogens (tertiary/aromatic N) is 1. The van der Waals surface area contributed by atoms with Gasteiger partial charge >= 0.3 is 0 Å². The van der Waals surface area contributed by atoms with Crippen LogP contribution < -0.4 is 5.32 Å². The summed E-state index contributed by atoms with van der Waals surface area (Å²) in [5, 5.41) is 3.38. The Morgan fingerprint density at radius 3 is 2.39 bits per heavy atom. The second-order valence-corrected chi connectivity index (χ2v) is 5.41. The molecule has 0 spiro atoms. The van der Waals surface area contributed by atoms with Crippen LogP contribution in [-0.2, 0) is 0 Å². The number of anilines is 1. The Hall–Kier alpha value is -2.94. The lowest BCUT2D eigenvalue weighted by Gasteiger charge is -2.15. The summed E-state index contributed by atoms with van der Waals surface area (Å²) in [5.41, 5.74) is 3.72. The second-order valence-electron chi connectivity index (χ2n) is 5.41. The molecule has 0 amide bonds. The predicted molar refractivity (Wildman–Crippen MR) is 93.5 cm³/mol. The van der Waals surface area contributed by atoms with E-state index in [0.29, 0.717) is 5.56 Å². The van der Waals surface area contributed by atoms with Gasteiger partial charge in [-0.1, -0.05) is 54.6 Å². The van der Waals surface area contributed by atoms with Crippen molar-refractivity contribution in [2.75, 3.05) is 5.32 Å². The normalized spacial score (nSPS) is 11.7. The van der Waals surface area contributed by atoms with E-state index in [9.17, 15) is 4.79 Å². The Labute approximate surface area is 136 Å². The van der Waals surface area contributed by atoms with Gasteiger partial charge in [0.25, 0.3) is 0 Å². The maximum absolute atomic E-state index is 11.1. The van der Waals surface area contributed by atoms with Crippen LogP contribution >= 0.6 is 0 Å². The number of aldehydes is 1. The quantitative estimate of drug-likeness (QED) is 0.692. The molecule has 3 rings (SSSR count). The van der Waals surface area contributed by atoms with Crippen LogP contribution in [0.4, 0.5) is 5.82 Å². The molecule has 1 heterocycles. The highest BCUT2D eigenvalue weighted by Gasteiger charge is 2.07. The maximum atomic E-state index is 11.1. The zero-order chi connectivity index (χ0) is 16.1. The molecule has 2 aromatic carbocycles. The van der Waals surface area contributed by atoms with Crippen LogP contribution in [0.15, 0.2) is 72.9 Å². The summed E-state index contributed by atoms with van der Waals surface area (Å²) in [5.74, 6) is 0.814. The molecule has 3 heteroatoms. The third kappa shape index (κ3) is 3.46. The van der Waals surface area contributed by atoms with Crippen LogP contribution in [0.3, 0.4) is 0 Å². The number of aromatic nitrogens is 1. The van der Waals surface area contributed by atoms with Crippen molar-refractivity contribution in [3.63, 3.8) is 0 Å². The largest absolute Gasteiger partial charge is 0.364 e. The fraction of sp³-hybridized carbons (Fsp3) is 0.100. The molecular weight excluding hydrogens is 284 g/mol. The smallest absolute Gasteiger partial charge is 0.150 e. The van der Waals surface area contributed by atoms with Gasteiger partial charge in [0.1, 0.15) is 5.82 Å². The summed E-state index contributed by atoms with van der Waals surface area (Å²) < 4.78 is 0. The molecule has 3 aromatic rings. The van der Waals surface area contributed by atoms with Crippen molar-refractivity contribution in [2.45, 2.75) is 13.0 Å². The number of carbonyl (C=O) groups is 1. The average molecular weight is 302 g/mol. The van der Waals surface area contributed by atoms with Gasteiger partial charge in [0.2, 0.25) is 0 Å². The summed E-state index contributed by atoms with van der Waals surface area (Å²) in [7, 11) is 0. The summed E-state index contributed by atoms with van der Waals surface area (Å²) in [6.45, 7) is 2.10. The summed E-state index contributed by atoms with van der Waals surface area (Å²) in [4.78, 5) is 15.6. The topological polar surface area (TPSA) is 42.0 Å². The van der Waals surface area contributed by atoms with Gasteiger partial charge in [-0.15, -0.1) is 0 Å². The van der Waals surface area contributed by atoms with Crippen molar-refractivity contribution in [2.24, 2.45) is 0 Å². The molecule has 0 fully saturated rings. The first-order chi connectivity index (χ1) is 11.3. The highest BCUT2D eigenvalue weighted by molar-refractivity contribution is 5.87.